The van der Waals surface area contributed by atoms with Gasteiger partial charge in [-0.15, -0.1) is 0 Å². The molecule has 1 aromatic rings. The van der Waals surface area contributed by atoms with Crippen molar-refractivity contribution < 1.29 is 4.74 Å². The number of nitrogens with zero attached hydrogens (tertiary/aromatic N) is 1. The molecule has 1 aromatic carbocycles. The van der Waals surface area contributed by atoms with E-state index in [2.05, 4.69) is 35.5 Å². The fraction of sp³-hybridized carbons (Fsp3) is 0.625. The average Bonchev–Trinajstić information content (AvgIpc) is 3.22. The highest BCUT2D eigenvalue weighted by Crippen LogP contribution is 2.30. The molecule has 1 saturated heterocycles. The second kappa shape index (κ2) is 5.51. The predicted octanol–water partition coefficient (Wildman–Crippen LogP) is 2.23. The van der Waals surface area contributed by atoms with Crippen molar-refractivity contribution in [3.8, 4) is 5.75 Å². The lowest BCUT2D eigenvalue weighted by Crippen LogP contribution is -2.47. The van der Waals surface area contributed by atoms with E-state index in [0.29, 0.717) is 12.0 Å². The first kappa shape index (κ1) is 12.9. The Morgan fingerprint density at radius 3 is 2.79 bits per heavy atom. The van der Waals surface area contributed by atoms with Gasteiger partial charge in [-0.25, -0.2) is 0 Å². The van der Waals surface area contributed by atoms with Crippen LogP contribution < -0.4 is 10.1 Å². The predicted molar refractivity (Wildman–Crippen MR) is 77.8 cm³/mol. The van der Waals surface area contributed by atoms with E-state index in [4.69, 9.17) is 4.74 Å². The molecular weight excluding hydrogens is 236 g/mol. The first-order valence-corrected chi connectivity index (χ1v) is 7.33. The molecule has 0 radical (unpaired) electrons. The summed E-state index contributed by atoms with van der Waals surface area (Å²) < 4.78 is 5.34. The maximum atomic E-state index is 5.34. The van der Waals surface area contributed by atoms with Crippen LogP contribution in [-0.4, -0.2) is 44.2 Å². The van der Waals surface area contributed by atoms with Gasteiger partial charge >= 0.3 is 0 Å². The van der Waals surface area contributed by atoms with E-state index in [9.17, 15) is 0 Å². The molecule has 1 heterocycles. The van der Waals surface area contributed by atoms with Gasteiger partial charge in [0.05, 0.1) is 7.11 Å². The minimum atomic E-state index is 0.616. The van der Waals surface area contributed by atoms with Gasteiger partial charge in [0.15, 0.2) is 0 Å². The maximum Gasteiger partial charge on any atom is 0.119 e. The number of methoxy groups -OCH3 is 1. The van der Waals surface area contributed by atoms with Gasteiger partial charge in [0.2, 0.25) is 0 Å². The van der Waals surface area contributed by atoms with Gasteiger partial charge in [-0.1, -0.05) is 12.1 Å². The Kier molecular flexibility index (Phi) is 3.76. The minimum absolute atomic E-state index is 0.616. The number of hydrogen-bond acceptors (Lipinski definition) is 3. The molecule has 104 valence electrons. The number of rotatable bonds is 4. The van der Waals surface area contributed by atoms with Gasteiger partial charge in [0.1, 0.15) is 5.75 Å². The third-order valence-corrected chi connectivity index (χ3v) is 4.25. The van der Waals surface area contributed by atoms with Crippen LogP contribution in [0.25, 0.3) is 0 Å². The van der Waals surface area contributed by atoms with Crippen molar-refractivity contribution in [3.63, 3.8) is 0 Å². The van der Waals surface area contributed by atoms with Crippen LogP contribution in [0.15, 0.2) is 24.3 Å². The van der Waals surface area contributed by atoms with Crippen LogP contribution in [-0.2, 0) is 0 Å². The Bertz CT molecular complexity index is 429. The molecule has 3 rings (SSSR count). The summed E-state index contributed by atoms with van der Waals surface area (Å²) >= 11 is 0. The van der Waals surface area contributed by atoms with Gasteiger partial charge in [-0.2, -0.15) is 0 Å². The lowest BCUT2D eigenvalue weighted by Gasteiger charge is -2.36. The molecule has 0 amide bonds. The second-order valence-electron chi connectivity index (χ2n) is 6.07. The monoisotopic (exact) mass is 260 g/mol. The molecule has 2 atom stereocenters. The lowest BCUT2D eigenvalue weighted by molar-refractivity contribution is 0.203. The molecule has 0 bridgehead atoms. The summed E-state index contributed by atoms with van der Waals surface area (Å²) in [6.07, 6.45) is 3.97. The Morgan fingerprint density at radius 2 is 2.05 bits per heavy atom. The van der Waals surface area contributed by atoms with Crippen molar-refractivity contribution in [2.75, 3.05) is 27.2 Å². The van der Waals surface area contributed by atoms with E-state index in [1.54, 1.807) is 7.11 Å². The van der Waals surface area contributed by atoms with E-state index < -0.39 is 0 Å². The topological polar surface area (TPSA) is 24.5 Å². The summed E-state index contributed by atoms with van der Waals surface area (Å²) in [4.78, 5) is 2.45. The molecule has 1 saturated carbocycles. The summed E-state index contributed by atoms with van der Waals surface area (Å²) in [7, 11) is 3.97. The fourth-order valence-electron chi connectivity index (χ4n) is 3.16. The molecule has 2 unspecified atom stereocenters. The number of likely N-dealkylation sites (N-methyl/N-ethyl adjacent to an activating group) is 1. The number of piperidine rings is 1. The number of hydrogen-bond donors (Lipinski definition) is 1. The van der Waals surface area contributed by atoms with Crippen LogP contribution >= 0.6 is 0 Å². The third kappa shape index (κ3) is 3.28. The standard InChI is InChI=1S/C16H24N2O/c1-18-10-13(8-15(11-18)17-14-6-7-14)12-4-3-5-16(9-12)19-2/h3-5,9,13-15,17H,6-8,10-11H2,1-2H3. The van der Waals surface area contributed by atoms with E-state index in [1.807, 2.05) is 6.07 Å². The van der Waals surface area contributed by atoms with Crippen LogP contribution in [0.5, 0.6) is 5.75 Å². The van der Waals surface area contributed by atoms with Crippen LogP contribution in [0.3, 0.4) is 0 Å². The molecule has 2 fully saturated rings. The highest BCUT2D eigenvalue weighted by Gasteiger charge is 2.30. The zero-order chi connectivity index (χ0) is 13.2. The van der Waals surface area contributed by atoms with Crippen molar-refractivity contribution in [3.05, 3.63) is 29.8 Å². The van der Waals surface area contributed by atoms with Crippen molar-refractivity contribution in [1.82, 2.24) is 10.2 Å². The summed E-state index contributed by atoms with van der Waals surface area (Å²) in [5.41, 5.74) is 1.41. The molecular formula is C16H24N2O. The van der Waals surface area contributed by atoms with Crippen molar-refractivity contribution in [1.29, 1.82) is 0 Å². The lowest BCUT2D eigenvalue weighted by atomic mass is 9.88. The normalized spacial score (nSPS) is 28.3. The number of ether oxygens (including phenoxy) is 1. The largest absolute Gasteiger partial charge is 0.497 e. The van der Waals surface area contributed by atoms with E-state index in [1.165, 1.54) is 31.4 Å². The smallest absolute Gasteiger partial charge is 0.119 e. The van der Waals surface area contributed by atoms with Crippen LogP contribution in [0.2, 0.25) is 0 Å². The first-order chi connectivity index (χ1) is 9.24. The Balaban J connectivity index is 1.70. The van der Waals surface area contributed by atoms with Crippen molar-refractivity contribution in [2.24, 2.45) is 0 Å². The Morgan fingerprint density at radius 1 is 1.21 bits per heavy atom. The molecule has 1 N–H and O–H groups in total. The molecule has 19 heavy (non-hydrogen) atoms. The summed E-state index contributed by atoms with van der Waals surface area (Å²) in [6, 6.07) is 9.99. The summed E-state index contributed by atoms with van der Waals surface area (Å²) in [5.74, 6) is 1.59. The Hall–Kier alpha value is -1.06. The molecule has 2 aliphatic rings. The molecule has 1 aliphatic carbocycles. The van der Waals surface area contributed by atoms with Crippen LogP contribution in [0, 0.1) is 0 Å². The number of likely N-dealkylation sites (tertiary alicyclic amines) is 1. The zero-order valence-corrected chi connectivity index (χ0v) is 11.9. The Labute approximate surface area is 115 Å². The van der Waals surface area contributed by atoms with Crippen molar-refractivity contribution in [2.45, 2.75) is 37.3 Å². The SMILES string of the molecule is COc1cccc(C2CC(NC3CC3)CN(C)C2)c1. The van der Waals surface area contributed by atoms with E-state index in [-0.39, 0.29) is 0 Å². The molecule has 0 spiro atoms. The van der Waals surface area contributed by atoms with Gasteiger partial charge < -0.3 is 15.0 Å². The maximum absolute atomic E-state index is 5.34. The van der Waals surface area contributed by atoms with Gasteiger partial charge in [0, 0.05) is 25.2 Å². The zero-order valence-electron chi connectivity index (χ0n) is 11.9. The van der Waals surface area contributed by atoms with E-state index in [0.717, 1.165) is 18.3 Å². The highest BCUT2D eigenvalue weighted by molar-refractivity contribution is 5.31. The highest BCUT2D eigenvalue weighted by atomic mass is 16.5. The molecule has 1 aliphatic heterocycles. The van der Waals surface area contributed by atoms with Crippen LogP contribution in [0.1, 0.15) is 30.7 Å². The second-order valence-corrected chi connectivity index (χ2v) is 6.07. The minimum Gasteiger partial charge on any atom is -0.497 e. The van der Waals surface area contributed by atoms with Gasteiger partial charge in [-0.05, 0) is 49.9 Å². The molecule has 3 nitrogen and oxygen atoms in total. The summed E-state index contributed by atoms with van der Waals surface area (Å²) in [5, 5.41) is 3.78. The third-order valence-electron chi connectivity index (χ3n) is 4.25. The molecule has 3 heteroatoms. The van der Waals surface area contributed by atoms with Gasteiger partial charge in [0.25, 0.3) is 0 Å². The molecule has 0 aromatic heterocycles. The first-order valence-electron chi connectivity index (χ1n) is 7.33. The van der Waals surface area contributed by atoms with Crippen molar-refractivity contribution >= 4 is 0 Å². The number of nitrogens with one attached hydrogen (secondary N) is 1. The van der Waals surface area contributed by atoms with Gasteiger partial charge in [-0.3, -0.25) is 0 Å². The van der Waals surface area contributed by atoms with Crippen LogP contribution in [0.4, 0.5) is 0 Å². The number of benzene rings is 1. The quantitative estimate of drug-likeness (QED) is 0.898. The fourth-order valence-corrected chi connectivity index (χ4v) is 3.16. The average molecular weight is 260 g/mol. The summed E-state index contributed by atoms with van der Waals surface area (Å²) in [6.45, 7) is 2.33. The van der Waals surface area contributed by atoms with E-state index >= 15 is 0 Å².